The molecule has 0 spiro atoms. The average molecular weight is 449 g/mol. The Morgan fingerprint density at radius 2 is 2.00 bits per heavy atom. The second-order valence-corrected chi connectivity index (χ2v) is 8.44. The number of nitrogens with one attached hydrogen (secondary N) is 1. The third-order valence-corrected chi connectivity index (χ3v) is 6.36. The fraction of sp³-hybridized carbons (Fsp3) is 0.333. The van der Waals surface area contributed by atoms with E-state index >= 15 is 0 Å². The SMILES string of the molecule is Cc1c(F)ccc(-n2nccn2)c1C(=O)N1CCC[C@@H](C)[C@H]1CNc1nc2ccccc2o1. The highest BCUT2D eigenvalue weighted by Crippen LogP contribution is 2.29. The molecular weight excluding hydrogens is 423 g/mol. The summed E-state index contributed by atoms with van der Waals surface area (Å²) >= 11 is 0. The molecule has 0 bridgehead atoms. The topological polar surface area (TPSA) is 89.1 Å². The Hall–Kier alpha value is -3.75. The van der Waals surface area contributed by atoms with E-state index in [0.717, 1.165) is 18.4 Å². The molecule has 0 saturated carbocycles. The first-order chi connectivity index (χ1) is 16.0. The van der Waals surface area contributed by atoms with Gasteiger partial charge >= 0.3 is 0 Å². The van der Waals surface area contributed by atoms with Crippen molar-refractivity contribution < 1.29 is 13.6 Å². The number of anilines is 1. The summed E-state index contributed by atoms with van der Waals surface area (Å²) in [6, 6.07) is 10.8. The summed E-state index contributed by atoms with van der Waals surface area (Å²) in [5.41, 5.74) is 2.52. The van der Waals surface area contributed by atoms with Crippen molar-refractivity contribution in [2.75, 3.05) is 18.4 Å². The van der Waals surface area contributed by atoms with Gasteiger partial charge in [0.05, 0.1) is 29.7 Å². The van der Waals surface area contributed by atoms with Gasteiger partial charge in [-0.1, -0.05) is 19.1 Å². The zero-order valence-corrected chi connectivity index (χ0v) is 18.5. The second kappa shape index (κ2) is 8.65. The average Bonchev–Trinajstić information content (AvgIpc) is 3.49. The lowest BCUT2D eigenvalue weighted by Gasteiger charge is -2.40. The van der Waals surface area contributed by atoms with E-state index in [4.69, 9.17) is 4.42 Å². The third kappa shape index (κ3) is 3.94. The van der Waals surface area contributed by atoms with Crippen LogP contribution in [0.15, 0.2) is 53.2 Å². The summed E-state index contributed by atoms with van der Waals surface area (Å²) in [7, 11) is 0. The summed E-state index contributed by atoms with van der Waals surface area (Å²) < 4.78 is 20.3. The quantitative estimate of drug-likeness (QED) is 0.492. The number of piperidine rings is 1. The van der Waals surface area contributed by atoms with Crippen LogP contribution in [0.3, 0.4) is 0 Å². The molecule has 1 N–H and O–H groups in total. The largest absolute Gasteiger partial charge is 0.424 e. The minimum atomic E-state index is -0.430. The van der Waals surface area contributed by atoms with Crippen LogP contribution in [0.2, 0.25) is 0 Å². The highest BCUT2D eigenvalue weighted by molar-refractivity contribution is 5.99. The minimum absolute atomic E-state index is 0.109. The highest BCUT2D eigenvalue weighted by Gasteiger charge is 2.35. The van der Waals surface area contributed by atoms with Crippen molar-refractivity contribution in [2.24, 2.45) is 5.92 Å². The van der Waals surface area contributed by atoms with Crippen LogP contribution in [0.25, 0.3) is 16.8 Å². The molecule has 2 aromatic carbocycles. The molecule has 1 aliphatic heterocycles. The third-order valence-electron chi connectivity index (χ3n) is 6.36. The summed E-state index contributed by atoms with van der Waals surface area (Å²) in [4.78, 5) is 21.5. The molecule has 1 amide bonds. The molecule has 9 heteroatoms. The Morgan fingerprint density at radius 3 is 2.79 bits per heavy atom. The second-order valence-electron chi connectivity index (χ2n) is 8.44. The highest BCUT2D eigenvalue weighted by atomic mass is 19.1. The van der Waals surface area contributed by atoms with Gasteiger partial charge in [-0.25, -0.2) is 4.39 Å². The van der Waals surface area contributed by atoms with Gasteiger partial charge in [0.1, 0.15) is 11.3 Å². The summed E-state index contributed by atoms with van der Waals surface area (Å²) in [6.07, 6.45) is 4.95. The Kier molecular flexibility index (Phi) is 5.53. The number of oxazole rings is 1. The van der Waals surface area contributed by atoms with Gasteiger partial charge in [-0.05, 0) is 55.5 Å². The van der Waals surface area contributed by atoms with E-state index in [1.807, 2.05) is 29.2 Å². The number of halogens is 1. The molecule has 5 rings (SSSR count). The standard InChI is InChI=1S/C24H25FN6O2/c1-15-6-5-13-30(20(15)14-26-24-29-18-7-3-4-8-21(18)33-24)23(32)22-16(2)17(25)9-10-19(22)31-27-11-12-28-31/h3-4,7-12,15,20H,5-6,13-14H2,1-2H3,(H,26,29)/t15-,20-/m1/s1. The van der Waals surface area contributed by atoms with Crippen molar-refractivity contribution in [3.8, 4) is 5.69 Å². The van der Waals surface area contributed by atoms with Crippen molar-refractivity contribution in [1.82, 2.24) is 24.9 Å². The van der Waals surface area contributed by atoms with Gasteiger partial charge < -0.3 is 14.6 Å². The first-order valence-corrected chi connectivity index (χ1v) is 11.1. The maximum Gasteiger partial charge on any atom is 0.295 e. The number of para-hydroxylation sites is 2. The van der Waals surface area contributed by atoms with Crippen molar-refractivity contribution in [3.05, 3.63) is 65.7 Å². The van der Waals surface area contributed by atoms with Crippen LogP contribution < -0.4 is 5.32 Å². The van der Waals surface area contributed by atoms with Gasteiger partial charge in [0, 0.05) is 13.1 Å². The maximum absolute atomic E-state index is 14.5. The Bertz CT molecular complexity index is 1250. The van der Waals surface area contributed by atoms with Crippen LogP contribution in [-0.4, -0.2) is 49.9 Å². The maximum atomic E-state index is 14.5. The van der Waals surface area contributed by atoms with E-state index in [0.29, 0.717) is 35.9 Å². The number of hydrogen-bond donors (Lipinski definition) is 1. The number of rotatable bonds is 5. The van der Waals surface area contributed by atoms with Crippen LogP contribution in [0, 0.1) is 18.7 Å². The minimum Gasteiger partial charge on any atom is -0.424 e. The molecule has 2 atom stereocenters. The van der Waals surface area contributed by atoms with Crippen LogP contribution in [0.4, 0.5) is 10.4 Å². The van der Waals surface area contributed by atoms with E-state index in [-0.39, 0.29) is 23.4 Å². The fourth-order valence-electron chi connectivity index (χ4n) is 4.54. The Labute approximate surface area is 190 Å². The molecule has 170 valence electrons. The van der Waals surface area contributed by atoms with Gasteiger partial charge in [0.2, 0.25) is 0 Å². The number of amides is 1. The van der Waals surface area contributed by atoms with Gasteiger partial charge in [0.15, 0.2) is 5.58 Å². The smallest absolute Gasteiger partial charge is 0.295 e. The zero-order chi connectivity index (χ0) is 22.9. The fourth-order valence-corrected chi connectivity index (χ4v) is 4.54. The van der Waals surface area contributed by atoms with Crippen molar-refractivity contribution in [3.63, 3.8) is 0 Å². The molecule has 1 aliphatic rings. The Balaban J connectivity index is 1.44. The molecule has 1 saturated heterocycles. The molecule has 33 heavy (non-hydrogen) atoms. The van der Waals surface area contributed by atoms with E-state index in [2.05, 4.69) is 27.4 Å². The molecule has 0 radical (unpaired) electrons. The summed E-state index contributed by atoms with van der Waals surface area (Å²) in [5.74, 6) is -0.407. The predicted molar refractivity (Wildman–Crippen MR) is 122 cm³/mol. The molecule has 4 aromatic rings. The van der Waals surface area contributed by atoms with Crippen LogP contribution >= 0.6 is 0 Å². The van der Waals surface area contributed by atoms with Gasteiger partial charge in [-0.15, -0.1) is 0 Å². The van der Waals surface area contributed by atoms with Crippen molar-refractivity contribution in [2.45, 2.75) is 32.7 Å². The number of carbonyl (C=O) groups excluding carboxylic acids is 1. The normalized spacial score (nSPS) is 18.6. The lowest BCUT2D eigenvalue weighted by atomic mass is 9.89. The van der Waals surface area contributed by atoms with E-state index in [1.54, 1.807) is 13.0 Å². The van der Waals surface area contributed by atoms with Crippen LogP contribution in [0.5, 0.6) is 0 Å². The molecule has 3 heterocycles. The lowest BCUT2D eigenvalue weighted by molar-refractivity contribution is 0.0537. The van der Waals surface area contributed by atoms with Crippen molar-refractivity contribution in [1.29, 1.82) is 0 Å². The number of nitrogens with zero attached hydrogens (tertiary/aromatic N) is 5. The molecule has 0 unspecified atom stereocenters. The molecule has 1 fully saturated rings. The monoisotopic (exact) mass is 448 g/mol. The van der Waals surface area contributed by atoms with Crippen molar-refractivity contribution >= 4 is 23.0 Å². The zero-order valence-electron chi connectivity index (χ0n) is 18.5. The lowest BCUT2D eigenvalue weighted by Crippen LogP contribution is -2.51. The molecule has 0 aliphatic carbocycles. The number of benzene rings is 2. The summed E-state index contributed by atoms with van der Waals surface area (Å²) in [6.45, 7) is 4.81. The molecular formula is C24H25FN6O2. The number of likely N-dealkylation sites (tertiary alicyclic amines) is 1. The number of fused-ring (bicyclic) bond motifs is 1. The number of hydrogen-bond acceptors (Lipinski definition) is 6. The Morgan fingerprint density at radius 1 is 1.21 bits per heavy atom. The van der Waals surface area contributed by atoms with E-state index < -0.39 is 5.82 Å². The van der Waals surface area contributed by atoms with E-state index in [9.17, 15) is 9.18 Å². The molecule has 8 nitrogen and oxygen atoms in total. The van der Waals surface area contributed by atoms with E-state index in [1.165, 1.54) is 23.3 Å². The first-order valence-electron chi connectivity index (χ1n) is 11.1. The van der Waals surface area contributed by atoms with Gasteiger partial charge in [0.25, 0.3) is 11.9 Å². The number of carbonyl (C=O) groups is 1. The van der Waals surface area contributed by atoms with Gasteiger partial charge in [-0.3, -0.25) is 4.79 Å². The van der Waals surface area contributed by atoms with Gasteiger partial charge in [-0.2, -0.15) is 20.0 Å². The summed E-state index contributed by atoms with van der Waals surface area (Å²) in [5, 5.41) is 11.6. The molecule has 2 aromatic heterocycles. The van der Waals surface area contributed by atoms with Crippen LogP contribution in [-0.2, 0) is 0 Å². The predicted octanol–water partition coefficient (Wildman–Crippen LogP) is 4.21. The first kappa shape index (κ1) is 21.1. The number of aromatic nitrogens is 4. The van der Waals surface area contributed by atoms with Crippen LogP contribution in [0.1, 0.15) is 35.7 Å².